The normalized spacial score (nSPS) is 10.3. The lowest BCUT2D eigenvalue weighted by molar-refractivity contribution is -0.386. The zero-order valence-corrected chi connectivity index (χ0v) is 11.3. The van der Waals surface area contributed by atoms with Crippen molar-refractivity contribution in [3.8, 4) is 11.6 Å². The first kappa shape index (κ1) is 13.4. The molecule has 0 aliphatic rings. The summed E-state index contributed by atoms with van der Waals surface area (Å²) in [5.41, 5.74) is 0.369. The number of halogens is 2. The molecule has 98 valence electrons. The largest absolute Gasteiger partial charge is 0.432 e. The van der Waals surface area contributed by atoms with E-state index in [0.29, 0.717) is 10.0 Å². The van der Waals surface area contributed by atoms with Crippen LogP contribution in [0.25, 0.3) is 0 Å². The fraction of sp³-hybridized carbons (Fsp3) is 0.0833. The number of hydrogen-bond acceptors (Lipinski definition) is 4. The van der Waals surface area contributed by atoms with Crippen molar-refractivity contribution in [1.29, 1.82) is 0 Å². The number of benzene rings is 1. The first-order chi connectivity index (χ1) is 8.97. The molecule has 0 N–H and O–H groups in total. The average molecular weight is 327 g/mol. The Labute approximate surface area is 116 Å². The molecule has 1 aromatic carbocycles. The van der Waals surface area contributed by atoms with Gasteiger partial charge in [-0.25, -0.2) is 9.37 Å². The Bertz CT molecular complexity index is 649. The Morgan fingerprint density at radius 1 is 1.42 bits per heavy atom. The summed E-state index contributed by atoms with van der Waals surface area (Å²) >= 11 is 3.17. The van der Waals surface area contributed by atoms with E-state index in [9.17, 15) is 14.5 Å². The summed E-state index contributed by atoms with van der Waals surface area (Å²) in [7, 11) is 0. The lowest BCUT2D eigenvalue weighted by Gasteiger charge is -2.07. The van der Waals surface area contributed by atoms with Crippen LogP contribution in [0, 0.1) is 22.9 Å². The SMILES string of the molecule is Cc1cnc(Oc2cc(F)ccc2Br)c([N+](=O)[O-])c1. The molecular formula is C12H8BrFN2O3. The Hall–Kier alpha value is -2.02. The molecule has 0 bridgehead atoms. The summed E-state index contributed by atoms with van der Waals surface area (Å²) in [6.07, 6.45) is 1.44. The maximum atomic E-state index is 13.1. The van der Waals surface area contributed by atoms with Crippen LogP contribution in [0.3, 0.4) is 0 Å². The molecule has 2 aromatic rings. The molecule has 0 spiro atoms. The van der Waals surface area contributed by atoms with Gasteiger partial charge < -0.3 is 4.74 Å². The van der Waals surface area contributed by atoms with Gasteiger partial charge in [0.05, 0.1) is 9.40 Å². The summed E-state index contributed by atoms with van der Waals surface area (Å²) in [6.45, 7) is 1.68. The number of nitro groups is 1. The van der Waals surface area contributed by atoms with Crippen molar-refractivity contribution in [2.24, 2.45) is 0 Å². The predicted octanol–water partition coefficient (Wildman–Crippen LogP) is 3.99. The minimum atomic E-state index is -0.595. The second-order valence-electron chi connectivity index (χ2n) is 3.77. The second kappa shape index (κ2) is 5.31. The van der Waals surface area contributed by atoms with Crippen molar-refractivity contribution in [3.05, 3.63) is 56.4 Å². The van der Waals surface area contributed by atoms with Crippen LogP contribution >= 0.6 is 15.9 Å². The number of aryl methyl sites for hydroxylation is 1. The molecule has 0 radical (unpaired) electrons. The zero-order valence-electron chi connectivity index (χ0n) is 9.76. The summed E-state index contributed by atoms with van der Waals surface area (Å²) in [4.78, 5) is 14.2. The predicted molar refractivity (Wildman–Crippen MR) is 69.8 cm³/mol. The highest BCUT2D eigenvalue weighted by molar-refractivity contribution is 9.10. The van der Waals surface area contributed by atoms with Crippen LogP contribution in [0.2, 0.25) is 0 Å². The number of rotatable bonds is 3. The van der Waals surface area contributed by atoms with E-state index in [-0.39, 0.29) is 17.3 Å². The maximum Gasteiger partial charge on any atom is 0.331 e. The van der Waals surface area contributed by atoms with Crippen LogP contribution in [-0.4, -0.2) is 9.91 Å². The summed E-state index contributed by atoms with van der Waals surface area (Å²) in [6, 6.07) is 5.16. The van der Waals surface area contributed by atoms with Gasteiger partial charge in [0.15, 0.2) is 0 Å². The lowest BCUT2D eigenvalue weighted by atomic mass is 10.3. The molecule has 0 aliphatic heterocycles. The number of ether oxygens (including phenoxy) is 1. The minimum Gasteiger partial charge on any atom is -0.432 e. The fourth-order valence-electron chi connectivity index (χ4n) is 1.41. The Morgan fingerprint density at radius 3 is 2.84 bits per heavy atom. The van der Waals surface area contributed by atoms with E-state index in [1.807, 2.05) is 0 Å². The minimum absolute atomic E-state index is 0.124. The van der Waals surface area contributed by atoms with Gasteiger partial charge in [0.2, 0.25) is 0 Å². The second-order valence-corrected chi connectivity index (χ2v) is 4.63. The van der Waals surface area contributed by atoms with E-state index in [4.69, 9.17) is 4.74 Å². The third kappa shape index (κ3) is 3.05. The fourth-order valence-corrected chi connectivity index (χ4v) is 1.74. The molecular weight excluding hydrogens is 319 g/mol. The van der Waals surface area contributed by atoms with Crippen molar-refractivity contribution >= 4 is 21.6 Å². The van der Waals surface area contributed by atoms with Gasteiger partial charge in [-0.05, 0) is 40.5 Å². The molecule has 1 heterocycles. The summed E-state index contributed by atoms with van der Waals surface area (Å²) < 4.78 is 18.9. The topological polar surface area (TPSA) is 65.3 Å². The van der Waals surface area contributed by atoms with Crippen molar-refractivity contribution in [2.45, 2.75) is 6.92 Å². The molecule has 0 aliphatic carbocycles. The van der Waals surface area contributed by atoms with Gasteiger partial charge in [0, 0.05) is 18.3 Å². The molecule has 0 atom stereocenters. The van der Waals surface area contributed by atoms with Gasteiger partial charge in [-0.1, -0.05) is 0 Å². The van der Waals surface area contributed by atoms with Crippen molar-refractivity contribution in [2.75, 3.05) is 0 Å². The number of hydrogen-bond donors (Lipinski definition) is 0. The van der Waals surface area contributed by atoms with Gasteiger partial charge in [-0.3, -0.25) is 10.1 Å². The first-order valence-corrected chi connectivity index (χ1v) is 6.00. The number of pyridine rings is 1. The molecule has 0 amide bonds. The Balaban J connectivity index is 2.43. The van der Waals surface area contributed by atoms with Gasteiger partial charge in [0.25, 0.3) is 5.88 Å². The van der Waals surface area contributed by atoms with E-state index in [0.717, 1.165) is 6.07 Å². The van der Waals surface area contributed by atoms with Gasteiger partial charge in [-0.2, -0.15) is 0 Å². The Kier molecular flexibility index (Phi) is 3.75. The number of aromatic nitrogens is 1. The lowest BCUT2D eigenvalue weighted by Crippen LogP contribution is -1.97. The molecule has 0 unspecified atom stereocenters. The van der Waals surface area contributed by atoms with Crippen LogP contribution in [-0.2, 0) is 0 Å². The molecule has 7 heteroatoms. The molecule has 0 fully saturated rings. The standard InChI is InChI=1S/C12H8BrFN2O3/c1-7-4-10(16(17)18)12(15-6-7)19-11-5-8(14)2-3-9(11)13/h2-6H,1H3. The molecule has 2 rings (SSSR count). The highest BCUT2D eigenvalue weighted by atomic mass is 79.9. The van der Waals surface area contributed by atoms with Crippen LogP contribution in [0.4, 0.5) is 10.1 Å². The van der Waals surface area contributed by atoms with Crippen LogP contribution in [0.15, 0.2) is 34.9 Å². The van der Waals surface area contributed by atoms with Crippen molar-refractivity contribution in [3.63, 3.8) is 0 Å². The molecule has 1 aromatic heterocycles. The molecule has 19 heavy (non-hydrogen) atoms. The third-order valence-corrected chi connectivity index (χ3v) is 2.92. The zero-order chi connectivity index (χ0) is 14.0. The Morgan fingerprint density at radius 2 is 2.16 bits per heavy atom. The average Bonchev–Trinajstić information content (AvgIpc) is 2.35. The van der Waals surface area contributed by atoms with Crippen LogP contribution in [0.1, 0.15) is 5.56 Å². The van der Waals surface area contributed by atoms with Crippen LogP contribution < -0.4 is 4.74 Å². The highest BCUT2D eigenvalue weighted by Crippen LogP contribution is 2.34. The van der Waals surface area contributed by atoms with E-state index in [1.54, 1.807) is 6.92 Å². The molecule has 5 nitrogen and oxygen atoms in total. The first-order valence-electron chi connectivity index (χ1n) is 5.21. The summed E-state index contributed by atoms with van der Waals surface area (Å²) in [5, 5.41) is 10.9. The van der Waals surface area contributed by atoms with Gasteiger partial charge in [0.1, 0.15) is 11.6 Å². The van der Waals surface area contributed by atoms with E-state index in [1.165, 1.54) is 24.4 Å². The van der Waals surface area contributed by atoms with Gasteiger partial charge >= 0.3 is 5.69 Å². The molecule has 0 saturated heterocycles. The molecule has 0 saturated carbocycles. The van der Waals surface area contributed by atoms with Crippen molar-refractivity contribution in [1.82, 2.24) is 4.98 Å². The maximum absolute atomic E-state index is 13.1. The van der Waals surface area contributed by atoms with Crippen LogP contribution in [0.5, 0.6) is 11.6 Å². The van der Waals surface area contributed by atoms with E-state index in [2.05, 4.69) is 20.9 Å². The highest BCUT2D eigenvalue weighted by Gasteiger charge is 2.19. The number of nitrogens with zero attached hydrogens (tertiary/aromatic N) is 2. The quantitative estimate of drug-likeness (QED) is 0.631. The van der Waals surface area contributed by atoms with E-state index >= 15 is 0 Å². The summed E-state index contributed by atoms with van der Waals surface area (Å²) in [5.74, 6) is -0.561. The monoisotopic (exact) mass is 326 g/mol. The third-order valence-electron chi connectivity index (χ3n) is 2.27. The van der Waals surface area contributed by atoms with Crippen molar-refractivity contribution < 1.29 is 14.1 Å². The van der Waals surface area contributed by atoms with E-state index < -0.39 is 10.7 Å². The van der Waals surface area contributed by atoms with Gasteiger partial charge in [-0.15, -0.1) is 0 Å². The smallest absolute Gasteiger partial charge is 0.331 e.